The minimum absolute atomic E-state index is 0. The monoisotopic (exact) mass is 604 g/mol. The maximum absolute atomic E-state index is 8.52. The molecule has 0 bridgehead atoms. The summed E-state index contributed by atoms with van der Waals surface area (Å²) < 4.78 is 102. The van der Waals surface area contributed by atoms with E-state index >= 15 is 0 Å². The van der Waals surface area contributed by atoms with E-state index in [2.05, 4.69) is 0 Å². The van der Waals surface area contributed by atoms with Gasteiger partial charge in [-0.1, -0.05) is 0 Å². The molecule has 0 atom stereocenters. The van der Waals surface area contributed by atoms with Crippen LogP contribution in [0.1, 0.15) is 0 Å². The molecule has 0 amide bonds. The molecule has 0 rings (SSSR count). The molecule has 114 valence electrons. The Morgan fingerprint density at radius 3 is 0.421 bits per heavy atom. The van der Waals surface area contributed by atoms with Crippen molar-refractivity contribution in [2.45, 2.75) is 0 Å². The van der Waals surface area contributed by atoms with Gasteiger partial charge >= 0.3 is 83.5 Å². The van der Waals surface area contributed by atoms with Gasteiger partial charge in [0, 0.05) is 31.2 Å². The number of hydrogen-bond acceptors (Lipinski definition) is 12. The van der Waals surface area contributed by atoms with Crippen LogP contribution >= 0.6 is 0 Å². The first-order chi connectivity index (χ1) is 6.00. The Hall–Kier alpha value is 2.28. The van der Waals surface area contributed by atoms with Crippen molar-refractivity contribution in [1.82, 2.24) is 0 Å². The van der Waals surface area contributed by atoms with Crippen molar-refractivity contribution < 1.29 is 147 Å². The van der Waals surface area contributed by atoms with Crippen molar-refractivity contribution in [2.24, 2.45) is 0 Å². The van der Waals surface area contributed by atoms with Crippen LogP contribution < -0.4 is 0 Å². The zero-order valence-electron chi connectivity index (χ0n) is 8.12. The molecule has 0 aromatic carbocycles. The van der Waals surface area contributed by atoms with Crippen LogP contribution in [0, 0.1) is 83.5 Å². The first kappa shape index (κ1) is 42.9. The molecule has 0 saturated heterocycles. The Morgan fingerprint density at radius 2 is 0.421 bits per heavy atom. The summed E-state index contributed by atoms with van der Waals surface area (Å²) >= 11 is 0. The normalized spacial score (nSPS) is 9.16. The molecule has 2 radical (unpaired) electrons. The van der Waals surface area contributed by atoms with Crippen molar-refractivity contribution in [1.29, 1.82) is 0 Å². The van der Waals surface area contributed by atoms with Crippen LogP contribution in [0.2, 0.25) is 0 Å². The summed E-state index contributed by atoms with van der Waals surface area (Å²) in [7, 11) is -15.5. The van der Waals surface area contributed by atoms with Gasteiger partial charge in [-0.2, -0.15) is 0 Å². The molecule has 0 fully saturated rings. The third kappa shape index (κ3) is 1300. The van der Waals surface area contributed by atoms with E-state index in [1.165, 1.54) is 0 Å². The minimum Gasteiger partial charge on any atom is -0.759 e. The Labute approximate surface area is 175 Å². The molecule has 0 aliphatic carbocycles. The summed E-state index contributed by atoms with van der Waals surface area (Å²) in [6.07, 6.45) is 0. The fourth-order valence-corrected chi connectivity index (χ4v) is 0. The van der Waals surface area contributed by atoms with Gasteiger partial charge in [0.1, 0.15) is 0 Å². The van der Waals surface area contributed by atoms with Crippen LogP contribution in [-0.4, -0.2) is 63.5 Å². The number of hydrogen-bond donors (Lipinski definition) is 0. The predicted molar refractivity (Wildman–Crippen MR) is 38.7 cm³/mol. The molecule has 14 nitrogen and oxygen atoms in total. The van der Waals surface area contributed by atoms with Gasteiger partial charge in [0.2, 0.25) is 0 Å². The first-order valence-electron chi connectivity index (χ1n) is 2.00. The van der Waals surface area contributed by atoms with Gasteiger partial charge in [0.15, 0.2) is 0 Å². The summed E-state index contributed by atoms with van der Waals surface area (Å²) in [5.74, 6) is 0. The van der Waals surface area contributed by atoms with E-state index in [4.69, 9.17) is 52.6 Å². The largest absolute Gasteiger partial charge is 3.00 e. The van der Waals surface area contributed by atoms with Crippen molar-refractivity contribution >= 4 is 31.2 Å². The van der Waals surface area contributed by atoms with E-state index in [9.17, 15) is 0 Å². The van der Waals surface area contributed by atoms with Crippen LogP contribution in [0.25, 0.3) is 0 Å². The van der Waals surface area contributed by atoms with Crippen LogP contribution in [-0.2, 0) is 31.2 Å². The third-order valence-corrected chi connectivity index (χ3v) is 0. The Morgan fingerprint density at radius 1 is 0.421 bits per heavy atom. The smallest absolute Gasteiger partial charge is 0.759 e. The molecule has 19 heavy (non-hydrogen) atoms. The topological polar surface area (TPSA) is 304 Å². The molecule has 0 spiro atoms. The van der Waals surface area contributed by atoms with E-state index in [-0.39, 0.29) is 94.4 Å². The summed E-state index contributed by atoms with van der Waals surface area (Å²) in [6, 6.07) is 0. The van der Waals surface area contributed by atoms with Crippen LogP contribution in [0.15, 0.2) is 0 Å². The second-order valence-electron chi connectivity index (χ2n) is 1.22. The van der Waals surface area contributed by atoms with Crippen LogP contribution in [0.5, 0.6) is 0 Å². The van der Waals surface area contributed by atoms with Crippen molar-refractivity contribution in [3.63, 3.8) is 0 Å². The summed E-state index contributed by atoms with van der Waals surface area (Å²) in [6.45, 7) is 0. The molecule has 4 N–H and O–H groups in total. The molecular weight excluding hydrogens is 600 g/mol. The average molecular weight is 604 g/mol. The van der Waals surface area contributed by atoms with Gasteiger partial charge < -0.3 is 38.3 Å². The third-order valence-electron chi connectivity index (χ3n) is 0. The molecule has 0 heterocycles. The van der Waals surface area contributed by atoms with Gasteiger partial charge in [0.25, 0.3) is 0 Å². The Bertz CT molecular complexity index is 342. The van der Waals surface area contributed by atoms with Gasteiger partial charge in [0.05, 0.1) is 0 Å². The van der Waals surface area contributed by atoms with E-state index in [0.717, 1.165) is 0 Å². The number of rotatable bonds is 0. The van der Waals surface area contributed by atoms with Gasteiger partial charge in [-0.05, 0) is 0 Å². The molecule has 0 aliphatic rings. The van der Waals surface area contributed by atoms with Crippen LogP contribution in [0.4, 0.5) is 0 Å². The second-order valence-corrected chi connectivity index (χ2v) is 3.67. The zero-order chi connectivity index (χ0) is 13.5. The van der Waals surface area contributed by atoms with E-state index < -0.39 is 31.2 Å². The maximum atomic E-state index is 8.52. The van der Waals surface area contributed by atoms with Crippen molar-refractivity contribution in [2.75, 3.05) is 0 Å². The second kappa shape index (κ2) is 18.3. The van der Waals surface area contributed by atoms with Crippen molar-refractivity contribution in [3.05, 3.63) is 0 Å². The quantitative estimate of drug-likeness (QED) is 0.184. The fourth-order valence-electron chi connectivity index (χ4n) is 0. The van der Waals surface area contributed by atoms with Gasteiger partial charge in [-0.15, -0.1) is 0 Å². The van der Waals surface area contributed by atoms with Gasteiger partial charge in [-0.3, -0.25) is 25.3 Å². The SMILES string of the molecule is O.O.O=S(=O)([O-])[O-].O=S(=O)([O-])[O-].O=S(=O)([O-])[O-].[Ce+3].[Ce+3]. The standard InChI is InChI=1S/2Ce.3H2O4S.2H2O/c;;3*1-5(2,3)4;;/h;;3*(H2,1,2,3,4);2*1H2/q2*+3;;;;;/p-6. The molecule has 19 heteroatoms. The first-order valence-corrected chi connectivity index (χ1v) is 6.00. The van der Waals surface area contributed by atoms with Crippen LogP contribution in [0.3, 0.4) is 0 Å². The summed E-state index contributed by atoms with van der Waals surface area (Å²) in [4.78, 5) is 0. The van der Waals surface area contributed by atoms with E-state index in [0.29, 0.717) is 0 Å². The molecule has 0 unspecified atom stereocenters. The van der Waals surface area contributed by atoms with E-state index in [1.54, 1.807) is 0 Å². The van der Waals surface area contributed by atoms with E-state index in [1.807, 2.05) is 0 Å². The zero-order valence-corrected chi connectivity index (χ0v) is 16.9. The predicted octanol–water partition coefficient (Wildman–Crippen LogP) is -5.66. The summed E-state index contributed by atoms with van der Waals surface area (Å²) in [5, 5.41) is 0. The minimum atomic E-state index is -5.17. The molecule has 0 saturated carbocycles. The van der Waals surface area contributed by atoms with Crippen molar-refractivity contribution in [3.8, 4) is 0 Å². The van der Waals surface area contributed by atoms with Gasteiger partial charge in [-0.25, -0.2) is 0 Å². The molecular formula is H4Ce2O14S3. The Kier molecular flexibility index (Phi) is 41.4. The average Bonchev–Trinajstić information content (AvgIpc) is 1.41. The summed E-state index contributed by atoms with van der Waals surface area (Å²) in [5.41, 5.74) is 0. The fraction of sp³-hybridized carbons (Fsp3) is 0. The molecule has 0 aliphatic heterocycles. The maximum Gasteiger partial charge on any atom is 3.00 e. The Balaban J connectivity index is -0.0000000206. The molecule has 0 aromatic rings. The molecule has 0 aromatic heterocycles.